The first kappa shape index (κ1) is 16.4. The summed E-state index contributed by atoms with van der Waals surface area (Å²) in [6.07, 6.45) is 1.44. The van der Waals surface area contributed by atoms with Gasteiger partial charge in [-0.1, -0.05) is 11.6 Å². The minimum Gasteiger partial charge on any atom is -0.322 e. The van der Waals surface area contributed by atoms with E-state index in [1.54, 1.807) is 6.07 Å². The Labute approximate surface area is 132 Å². The second kappa shape index (κ2) is 6.41. The molecule has 0 aliphatic rings. The average molecular weight is 343 g/mol. The number of nitrogens with one attached hydrogen (secondary N) is 1. The molecule has 0 spiro atoms. The lowest BCUT2D eigenvalue weighted by Crippen LogP contribution is -2.32. The van der Waals surface area contributed by atoms with Crippen LogP contribution in [-0.4, -0.2) is 24.6 Å². The number of pyridine rings is 1. The van der Waals surface area contributed by atoms with Crippen molar-refractivity contribution < 1.29 is 17.6 Å². The predicted molar refractivity (Wildman–Crippen MR) is 80.9 cm³/mol. The second-order valence-corrected chi connectivity index (χ2v) is 7.10. The van der Waals surface area contributed by atoms with Crippen LogP contribution in [0.25, 0.3) is 0 Å². The van der Waals surface area contributed by atoms with E-state index in [1.165, 1.54) is 19.2 Å². The molecule has 0 aliphatic heterocycles. The number of hydrogen-bond acceptors (Lipinski definition) is 4. The van der Waals surface area contributed by atoms with E-state index >= 15 is 0 Å². The molecule has 0 radical (unpaired) electrons. The van der Waals surface area contributed by atoms with E-state index in [2.05, 4.69) is 10.3 Å². The van der Waals surface area contributed by atoms with Gasteiger partial charge in [0.1, 0.15) is 11.1 Å². The van der Waals surface area contributed by atoms with E-state index in [9.17, 15) is 17.6 Å². The Hall–Kier alpha value is -1.99. The molecule has 1 aromatic carbocycles. The summed E-state index contributed by atoms with van der Waals surface area (Å²) in [6, 6.07) is 7.34. The molecule has 5 nitrogen and oxygen atoms in total. The fourth-order valence-corrected chi connectivity index (χ4v) is 3.11. The molecule has 8 heteroatoms. The summed E-state index contributed by atoms with van der Waals surface area (Å²) in [7, 11) is -3.93. The van der Waals surface area contributed by atoms with Gasteiger partial charge in [-0.15, -0.1) is 0 Å². The van der Waals surface area contributed by atoms with Gasteiger partial charge in [0.05, 0.1) is 10.6 Å². The van der Waals surface area contributed by atoms with Crippen molar-refractivity contribution in [2.24, 2.45) is 0 Å². The van der Waals surface area contributed by atoms with E-state index in [-0.39, 0.29) is 15.7 Å². The number of nitrogens with zero attached hydrogens (tertiary/aromatic N) is 1. The molecule has 22 heavy (non-hydrogen) atoms. The number of carbonyl (C=O) groups is 1. The molecule has 0 saturated carbocycles. The van der Waals surface area contributed by atoms with Crippen molar-refractivity contribution in [2.75, 3.05) is 5.32 Å². The minimum absolute atomic E-state index is 0.0576. The molecule has 0 aliphatic carbocycles. The van der Waals surface area contributed by atoms with Crippen LogP contribution in [0, 0.1) is 5.82 Å². The zero-order valence-corrected chi connectivity index (χ0v) is 13.0. The summed E-state index contributed by atoms with van der Waals surface area (Å²) in [6.45, 7) is 1.25. The lowest BCUT2D eigenvalue weighted by atomic mass is 10.3. The Morgan fingerprint density at radius 1 is 1.27 bits per heavy atom. The van der Waals surface area contributed by atoms with Crippen LogP contribution in [0.15, 0.2) is 47.5 Å². The second-order valence-electron chi connectivity index (χ2n) is 4.47. The smallest absolute Gasteiger partial charge is 0.242 e. The van der Waals surface area contributed by atoms with Gasteiger partial charge in [0.2, 0.25) is 5.91 Å². The van der Waals surface area contributed by atoms with Gasteiger partial charge in [0, 0.05) is 6.20 Å². The van der Waals surface area contributed by atoms with Crippen LogP contribution >= 0.6 is 11.6 Å². The van der Waals surface area contributed by atoms with E-state index in [1.807, 2.05) is 0 Å². The zero-order chi connectivity index (χ0) is 16.3. The van der Waals surface area contributed by atoms with Gasteiger partial charge in [0.15, 0.2) is 15.0 Å². The van der Waals surface area contributed by atoms with E-state index < -0.39 is 26.8 Å². The van der Waals surface area contributed by atoms with Crippen molar-refractivity contribution >= 4 is 33.0 Å². The Morgan fingerprint density at radius 3 is 2.50 bits per heavy atom. The SMILES string of the molecule is CC(C(=O)Nc1cccnc1Cl)S(=O)(=O)c1ccc(F)cc1. The first-order valence-corrected chi connectivity index (χ1v) is 8.15. The van der Waals surface area contributed by atoms with Gasteiger partial charge in [-0.3, -0.25) is 4.79 Å². The zero-order valence-electron chi connectivity index (χ0n) is 11.5. The van der Waals surface area contributed by atoms with Gasteiger partial charge in [-0.05, 0) is 43.3 Å². The standard InChI is InChI=1S/C14H12ClFN2O3S/c1-9(14(19)18-12-3-2-8-17-13(12)15)22(20,21)11-6-4-10(16)5-7-11/h2-9H,1H3,(H,18,19). The molecule has 1 heterocycles. The van der Waals surface area contributed by atoms with Crippen molar-refractivity contribution in [3.05, 3.63) is 53.6 Å². The first-order valence-electron chi connectivity index (χ1n) is 6.23. The van der Waals surface area contributed by atoms with Crippen molar-refractivity contribution in [3.63, 3.8) is 0 Å². The number of carbonyl (C=O) groups excluding carboxylic acids is 1. The average Bonchev–Trinajstić information content (AvgIpc) is 2.49. The van der Waals surface area contributed by atoms with Crippen molar-refractivity contribution in [3.8, 4) is 0 Å². The molecule has 2 aromatic rings. The normalized spacial score (nSPS) is 12.7. The molecule has 2 rings (SSSR count). The van der Waals surface area contributed by atoms with Crippen LogP contribution in [0.5, 0.6) is 0 Å². The summed E-state index contributed by atoms with van der Waals surface area (Å²) in [5, 5.41) is 1.10. The van der Waals surface area contributed by atoms with Crippen LogP contribution in [0.4, 0.5) is 10.1 Å². The lowest BCUT2D eigenvalue weighted by Gasteiger charge is -2.13. The van der Waals surface area contributed by atoms with Crippen LogP contribution in [0.3, 0.4) is 0 Å². The van der Waals surface area contributed by atoms with Crippen LogP contribution in [-0.2, 0) is 14.6 Å². The third kappa shape index (κ3) is 3.42. The number of amides is 1. The molecular weight excluding hydrogens is 331 g/mol. The number of sulfone groups is 1. The minimum atomic E-state index is -3.93. The maximum Gasteiger partial charge on any atom is 0.242 e. The van der Waals surface area contributed by atoms with E-state index in [4.69, 9.17) is 11.6 Å². The highest BCUT2D eigenvalue weighted by Crippen LogP contribution is 2.21. The van der Waals surface area contributed by atoms with Gasteiger partial charge >= 0.3 is 0 Å². The van der Waals surface area contributed by atoms with Gasteiger partial charge in [0.25, 0.3) is 0 Å². The van der Waals surface area contributed by atoms with Gasteiger partial charge < -0.3 is 5.32 Å². The van der Waals surface area contributed by atoms with Crippen LogP contribution in [0.2, 0.25) is 5.15 Å². The molecule has 0 bridgehead atoms. The van der Waals surface area contributed by atoms with Gasteiger partial charge in [-0.2, -0.15) is 0 Å². The molecule has 1 atom stereocenters. The van der Waals surface area contributed by atoms with Crippen LogP contribution in [0.1, 0.15) is 6.92 Å². The number of anilines is 1. The maximum absolute atomic E-state index is 12.9. The number of halogens is 2. The third-order valence-electron chi connectivity index (χ3n) is 2.99. The fraction of sp³-hybridized carbons (Fsp3) is 0.143. The molecule has 1 N–H and O–H groups in total. The summed E-state index contributed by atoms with van der Waals surface area (Å²) in [5.74, 6) is -1.31. The Bertz CT molecular complexity index is 794. The Morgan fingerprint density at radius 2 is 1.91 bits per heavy atom. The highest BCUT2D eigenvalue weighted by Gasteiger charge is 2.30. The monoisotopic (exact) mass is 342 g/mol. The van der Waals surface area contributed by atoms with Crippen molar-refractivity contribution in [1.82, 2.24) is 4.98 Å². The molecular formula is C14H12ClFN2O3S. The molecule has 1 unspecified atom stereocenters. The molecule has 0 fully saturated rings. The van der Waals surface area contributed by atoms with Crippen molar-refractivity contribution in [2.45, 2.75) is 17.1 Å². The van der Waals surface area contributed by atoms with Crippen molar-refractivity contribution in [1.29, 1.82) is 0 Å². The Balaban J connectivity index is 2.23. The molecule has 116 valence electrons. The number of benzene rings is 1. The quantitative estimate of drug-likeness (QED) is 0.684. The van der Waals surface area contributed by atoms with E-state index in [0.717, 1.165) is 24.3 Å². The lowest BCUT2D eigenvalue weighted by molar-refractivity contribution is -0.115. The summed E-state index contributed by atoms with van der Waals surface area (Å²) in [5.41, 5.74) is 0.218. The maximum atomic E-state index is 12.9. The highest BCUT2D eigenvalue weighted by atomic mass is 35.5. The first-order chi connectivity index (χ1) is 10.3. The summed E-state index contributed by atoms with van der Waals surface area (Å²) < 4.78 is 37.5. The number of rotatable bonds is 4. The topological polar surface area (TPSA) is 76.1 Å². The molecule has 0 saturated heterocycles. The van der Waals surface area contributed by atoms with Gasteiger partial charge in [-0.25, -0.2) is 17.8 Å². The third-order valence-corrected chi connectivity index (χ3v) is 5.37. The number of aromatic nitrogens is 1. The Kier molecular flexibility index (Phi) is 4.77. The largest absolute Gasteiger partial charge is 0.322 e. The summed E-state index contributed by atoms with van der Waals surface area (Å²) >= 11 is 5.80. The number of hydrogen-bond donors (Lipinski definition) is 1. The summed E-state index contributed by atoms with van der Waals surface area (Å²) in [4.78, 5) is 15.8. The predicted octanol–water partition coefficient (Wildman–Crippen LogP) is 2.68. The van der Waals surface area contributed by atoms with Crippen LogP contribution < -0.4 is 5.32 Å². The van der Waals surface area contributed by atoms with E-state index in [0.29, 0.717) is 0 Å². The highest BCUT2D eigenvalue weighted by molar-refractivity contribution is 7.92. The molecule has 1 aromatic heterocycles. The molecule has 1 amide bonds. The fourth-order valence-electron chi connectivity index (χ4n) is 1.68.